The number of aromatic nitrogens is 1. The second kappa shape index (κ2) is 5.56. The SMILES string of the molecule is CCn1cc(NCc2cc(F)ccc2O)ccc1=O. The zero-order valence-corrected chi connectivity index (χ0v) is 10.6. The highest BCUT2D eigenvalue weighted by Crippen LogP contribution is 2.19. The van der Waals surface area contributed by atoms with E-state index in [2.05, 4.69) is 5.32 Å². The molecular formula is C14H15FN2O2. The molecule has 19 heavy (non-hydrogen) atoms. The van der Waals surface area contributed by atoms with Gasteiger partial charge in [-0.1, -0.05) is 0 Å². The fourth-order valence-electron chi connectivity index (χ4n) is 1.78. The van der Waals surface area contributed by atoms with Crippen molar-refractivity contribution in [3.05, 3.63) is 58.3 Å². The third kappa shape index (κ3) is 3.13. The highest BCUT2D eigenvalue weighted by molar-refractivity contribution is 5.43. The van der Waals surface area contributed by atoms with E-state index in [0.717, 1.165) is 5.69 Å². The Hall–Kier alpha value is -2.30. The molecule has 0 fully saturated rings. The number of aromatic hydroxyl groups is 1. The van der Waals surface area contributed by atoms with Crippen molar-refractivity contribution in [1.82, 2.24) is 4.57 Å². The van der Waals surface area contributed by atoms with Crippen molar-refractivity contribution in [3.8, 4) is 5.75 Å². The number of anilines is 1. The van der Waals surface area contributed by atoms with Crippen LogP contribution in [0.4, 0.5) is 10.1 Å². The average Bonchev–Trinajstić information content (AvgIpc) is 2.41. The van der Waals surface area contributed by atoms with E-state index >= 15 is 0 Å². The maximum absolute atomic E-state index is 13.1. The standard InChI is InChI=1S/C14H15FN2O2/c1-2-17-9-12(4-6-14(17)19)16-8-10-7-11(15)3-5-13(10)18/h3-7,9,16,18H,2,8H2,1H3. The molecular weight excluding hydrogens is 247 g/mol. The molecule has 2 N–H and O–H groups in total. The predicted molar refractivity (Wildman–Crippen MR) is 71.8 cm³/mol. The Morgan fingerprint density at radius 1 is 1.32 bits per heavy atom. The van der Waals surface area contributed by atoms with Gasteiger partial charge in [0.1, 0.15) is 11.6 Å². The Balaban J connectivity index is 2.14. The van der Waals surface area contributed by atoms with Crippen LogP contribution in [0.25, 0.3) is 0 Å². The molecule has 0 spiro atoms. The predicted octanol–water partition coefficient (Wildman–Crippen LogP) is 2.33. The normalized spacial score (nSPS) is 10.4. The summed E-state index contributed by atoms with van der Waals surface area (Å²) in [6, 6.07) is 6.93. The smallest absolute Gasteiger partial charge is 0.250 e. The number of aryl methyl sites for hydroxylation is 1. The molecule has 1 heterocycles. The molecule has 1 aromatic carbocycles. The van der Waals surface area contributed by atoms with Gasteiger partial charge in [0.05, 0.1) is 5.69 Å². The summed E-state index contributed by atoms with van der Waals surface area (Å²) in [4.78, 5) is 11.4. The summed E-state index contributed by atoms with van der Waals surface area (Å²) in [5.41, 5.74) is 1.14. The van der Waals surface area contributed by atoms with Crippen molar-refractivity contribution in [1.29, 1.82) is 0 Å². The quantitative estimate of drug-likeness (QED) is 0.889. The van der Waals surface area contributed by atoms with E-state index in [-0.39, 0.29) is 17.9 Å². The number of halogens is 1. The van der Waals surface area contributed by atoms with Crippen LogP contribution in [0, 0.1) is 5.82 Å². The third-order valence-corrected chi connectivity index (χ3v) is 2.85. The van der Waals surface area contributed by atoms with Crippen LogP contribution in [0.2, 0.25) is 0 Å². The van der Waals surface area contributed by atoms with E-state index in [1.165, 1.54) is 24.3 Å². The van der Waals surface area contributed by atoms with Crippen LogP contribution in [0.3, 0.4) is 0 Å². The summed E-state index contributed by atoms with van der Waals surface area (Å²) >= 11 is 0. The van der Waals surface area contributed by atoms with Crippen LogP contribution in [-0.2, 0) is 13.1 Å². The first-order valence-electron chi connectivity index (χ1n) is 6.02. The van der Waals surface area contributed by atoms with Gasteiger partial charge in [-0.25, -0.2) is 4.39 Å². The Kier molecular flexibility index (Phi) is 3.85. The van der Waals surface area contributed by atoms with Gasteiger partial charge >= 0.3 is 0 Å². The minimum atomic E-state index is -0.395. The zero-order valence-electron chi connectivity index (χ0n) is 10.6. The number of rotatable bonds is 4. The molecule has 2 aromatic rings. The van der Waals surface area contributed by atoms with Crippen LogP contribution < -0.4 is 10.9 Å². The van der Waals surface area contributed by atoms with Gasteiger partial charge in [-0.3, -0.25) is 4.79 Å². The molecule has 0 saturated heterocycles. The van der Waals surface area contributed by atoms with Gasteiger partial charge in [-0.15, -0.1) is 0 Å². The number of nitrogens with one attached hydrogen (secondary N) is 1. The van der Waals surface area contributed by atoms with Gasteiger partial charge in [-0.05, 0) is 31.2 Å². The van der Waals surface area contributed by atoms with Crippen LogP contribution in [0.1, 0.15) is 12.5 Å². The Morgan fingerprint density at radius 2 is 2.11 bits per heavy atom. The summed E-state index contributed by atoms with van der Waals surface area (Å²) in [6.45, 7) is 2.74. The van der Waals surface area contributed by atoms with Crippen molar-refractivity contribution >= 4 is 5.69 Å². The van der Waals surface area contributed by atoms with Crippen molar-refractivity contribution in [2.24, 2.45) is 0 Å². The fraction of sp³-hybridized carbons (Fsp3) is 0.214. The summed E-state index contributed by atoms with van der Waals surface area (Å²) < 4.78 is 14.6. The topological polar surface area (TPSA) is 54.3 Å². The minimum Gasteiger partial charge on any atom is -0.508 e. The van der Waals surface area contributed by atoms with Crippen molar-refractivity contribution in [2.45, 2.75) is 20.0 Å². The van der Waals surface area contributed by atoms with Gasteiger partial charge in [0, 0.05) is 30.9 Å². The van der Waals surface area contributed by atoms with Gasteiger partial charge in [-0.2, -0.15) is 0 Å². The van der Waals surface area contributed by atoms with Crippen LogP contribution in [0.5, 0.6) is 5.75 Å². The molecule has 0 bridgehead atoms. The summed E-state index contributed by atoms with van der Waals surface area (Å²) in [5.74, 6) is -0.356. The number of pyridine rings is 1. The maximum atomic E-state index is 13.1. The van der Waals surface area contributed by atoms with Gasteiger partial charge in [0.25, 0.3) is 5.56 Å². The van der Waals surface area contributed by atoms with E-state index in [1.54, 1.807) is 16.8 Å². The first-order valence-corrected chi connectivity index (χ1v) is 6.02. The lowest BCUT2D eigenvalue weighted by Gasteiger charge is -2.10. The number of hydrogen-bond acceptors (Lipinski definition) is 3. The second-order valence-corrected chi connectivity index (χ2v) is 4.17. The molecule has 2 rings (SSSR count). The molecule has 0 unspecified atom stereocenters. The molecule has 0 saturated carbocycles. The molecule has 1 aromatic heterocycles. The number of benzene rings is 1. The van der Waals surface area contributed by atoms with E-state index < -0.39 is 5.82 Å². The van der Waals surface area contributed by atoms with E-state index in [1.807, 2.05) is 6.92 Å². The van der Waals surface area contributed by atoms with Crippen molar-refractivity contribution < 1.29 is 9.50 Å². The Morgan fingerprint density at radius 3 is 2.84 bits per heavy atom. The maximum Gasteiger partial charge on any atom is 0.250 e. The lowest BCUT2D eigenvalue weighted by atomic mass is 10.2. The molecule has 0 amide bonds. The number of phenolic OH excluding ortho intramolecular Hbond substituents is 1. The minimum absolute atomic E-state index is 0.0395. The van der Waals surface area contributed by atoms with Gasteiger partial charge in [0.15, 0.2) is 0 Å². The van der Waals surface area contributed by atoms with Crippen molar-refractivity contribution in [3.63, 3.8) is 0 Å². The number of hydrogen-bond donors (Lipinski definition) is 2. The first kappa shape index (κ1) is 13.1. The third-order valence-electron chi connectivity index (χ3n) is 2.85. The molecule has 0 aliphatic carbocycles. The average molecular weight is 262 g/mol. The molecule has 4 nitrogen and oxygen atoms in total. The molecule has 5 heteroatoms. The molecule has 0 atom stereocenters. The zero-order chi connectivity index (χ0) is 13.8. The van der Waals surface area contributed by atoms with Crippen LogP contribution in [0.15, 0.2) is 41.3 Å². The number of phenols is 1. The summed E-state index contributed by atoms with van der Waals surface area (Å²) in [5, 5.41) is 12.6. The molecule has 0 aliphatic rings. The Labute approximate surface area is 110 Å². The van der Waals surface area contributed by atoms with Gasteiger partial charge < -0.3 is 15.0 Å². The van der Waals surface area contributed by atoms with Crippen LogP contribution in [-0.4, -0.2) is 9.67 Å². The molecule has 100 valence electrons. The second-order valence-electron chi connectivity index (χ2n) is 4.17. The lowest BCUT2D eigenvalue weighted by Crippen LogP contribution is -2.17. The first-order chi connectivity index (χ1) is 9.10. The Bertz CT molecular complexity index is 638. The van der Waals surface area contributed by atoms with Crippen LogP contribution >= 0.6 is 0 Å². The van der Waals surface area contributed by atoms with E-state index in [4.69, 9.17) is 0 Å². The lowest BCUT2D eigenvalue weighted by molar-refractivity contribution is 0.466. The highest BCUT2D eigenvalue weighted by Gasteiger charge is 2.03. The molecule has 0 aliphatic heterocycles. The number of nitrogens with zero attached hydrogens (tertiary/aromatic N) is 1. The molecule has 0 radical (unpaired) electrons. The largest absolute Gasteiger partial charge is 0.508 e. The fourth-order valence-corrected chi connectivity index (χ4v) is 1.78. The summed E-state index contributed by atoms with van der Waals surface area (Å²) in [6.07, 6.45) is 1.69. The van der Waals surface area contributed by atoms with E-state index in [0.29, 0.717) is 12.1 Å². The highest BCUT2D eigenvalue weighted by atomic mass is 19.1. The van der Waals surface area contributed by atoms with Crippen molar-refractivity contribution in [2.75, 3.05) is 5.32 Å². The monoisotopic (exact) mass is 262 g/mol. The van der Waals surface area contributed by atoms with Gasteiger partial charge in [0.2, 0.25) is 0 Å². The summed E-state index contributed by atoms with van der Waals surface area (Å²) in [7, 11) is 0. The van der Waals surface area contributed by atoms with E-state index in [9.17, 15) is 14.3 Å².